The van der Waals surface area contributed by atoms with E-state index < -0.39 is 23.6 Å². The number of hydrogen-bond donors (Lipinski definition) is 0. The van der Waals surface area contributed by atoms with Crippen LogP contribution in [0.25, 0.3) is 0 Å². The lowest BCUT2D eigenvalue weighted by atomic mass is 10.1. The number of nitrogens with zero attached hydrogens (tertiary/aromatic N) is 3. The van der Waals surface area contributed by atoms with Crippen molar-refractivity contribution in [3.8, 4) is 0 Å². The first-order valence-corrected chi connectivity index (χ1v) is 9.01. The fraction of sp³-hybridized carbons (Fsp3) is 0.105. The highest BCUT2D eigenvalue weighted by molar-refractivity contribution is 7.15. The van der Waals surface area contributed by atoms with Gasteiger partial charge in [-0.3, -0.25) is 9.59 Å². The van der Waals surface area contributed by atoms with E-state index in [2.05, 4.69) is 10.2 Å². The summed E-state index contributed by atoms with van der Waals surface area (Å²) in [5.41, 5.74) is 0.578. The van der Waals surface area contributed by atoms with Crippen molar-refractivity contribution in [1.29, 1.82) is 0 Å². The Balaban J connectivity index is 1.56. The van der Waals surface area contributed by atoms with Crippen LogP contribution in [0, 0.1) is 12.7 Å². The van der Waals surface area contributed by atoms with Crippen LogP contribution < -0.4 is 4.90 Å². The molecule has 0 saturated carbocycles. The highest BCUT2D eigenvalue weighted by atomic mass is 32.1. The van der Waals surface area contributed by atoms with Gasteiger partial charge in [-0.25, -0.2) is 14.1 Å². The van der Waals surface area contributed by atoms with E-state index in [1.165, 1.54) is 36.4 Å². The normalized spacial score (nSPS) is 13.0. The van der Waals surface area contributed by atoms with Gasteiger partial charge < -0.3 is 4.74 Å². The molecule has 2 amide bonds. The molecule has 3 aromatic rings. The number of amides is 2. The number of aromatic nitrogens is 2. The fourth-order valence-corrected chi connectivity index (χ4v) is 3.44. The summed E-state index contributed by atoms with van der Waals surface area (Å²) in [5.74, 6) is -2.31. The summed E-state index contributed by atoms with van der Waals surface area (Å²) in [5, 5.41) is 8.44. The lowest BCUT2D eigenvalue weighted by Gasteiger charge is -2.07. The molecule has 0 unspecified atom stereocenters. The van der Waals surface area contributed by atoms with Gasteiger partial charge in [0.1, 0.15) is 17.4 Å². The highest BCUT2D eigenvalue weighted by Gasteiger charge is 2.39. The molecule has 4 rings (SSSR count). The van der Waals surface area contributed by atoms with Gasteiger partial charge in [0.15, 0.2) is 0 Å². The Morgan fingerprint density at radius 1 is 1.11 bits per heavy atom. The first-order chi connectivity index (χ1) is 13.5. The van der Waals surface area contributed by atoms with Crippen LogP contribution in [0.3, 0.4) is 0 Å². The molecule has 0 bridgehead atoms. The molecule has 0 N–H and O–H groups in total. The average Bonchev–Trinajstić information content (AvgIpc) is 3.22. The molecule has 1 aromatic heterocycles. The van der Waals surface area contributed by atoms with Gasteiger partial charge in [0.05, 0.1) is 16.7 Å². The maximum atomic E-state index is 13.6. The van der Waals surface area contributed by atoms with Crippen LogP contribution in [-0.4, -0.2) is 28.0 Å². The van der Waals surface area contributed by atoms with E-state index in [0.29, 0.717) is 5.01 Å². The van der Waals surface area contributed by atoms with Gasteiger partial charge in [0.25, 0.3) is 11.8 Å². The molecule has 0 fully saturated rings. The zero-order valence-corrected chi connectivity index (χ0v) is 15.3. The van der Waals surface area contributed by atoms with Gasteiger partial charge in [-0.2, -0.15) is 0 Å². The minimum absolute atomic E-state index is 0.0817. The van der Waals surface area contributed by atoms with Gasteiger partial charge in [-0.15, -0.1) is 10.2 Å². The number of rotatable bonds is 4. The Hall–Kier alpha value is -3.46. The number of anilines is 1. The van der Waals surface area contributed by atoms with Crippen molar-refractivity contribution in [1.82, 2.24) is 10.2 Å². The van der Waals surface area contributed by atoms with E-state index in [4.69, 9.17) is 4.74 Å². The van der Waals surface area contributed by atoms with Crippen molar-refractivity contribution in [2.75, 3.05) is 4.90 Å². The molecule has 2 heterocycles. The standard InChI is InChI=1S/C19H12FN3O4S/c1-10-21-22-19(28-10)23-16(24)13-7-6-11(8-14(13)17(23)25)18(26)27-9-12-4-2-3-5-15(12)20/h2-8H,9H2,1H3. The molecule has 0 atom stereocenters. The number of esters is 1. The van der Waals surface area contributed by atoms with Crippen molar-refractivity contribution >= 4 is 34.3 Å². The second-order valence-electron chi connectivity index (χ2n) is 5.98. The predicted molar refractivity (Wildman–Crippen MR) is 97.7 cm³/mol. The Morgan fingerprint density at radius 2 is 1.86 bits per heavy atom. The van der Waals surface area contributed by atoms with Crippen LogP contribution >= 0.6 is 11.3 Å². The number of imide groups is 1. The molecule has 140 valence electrons. The van der Waals surface area contributed by atoms with Crippen molar-refractivity contribution < 1.29 is 23.5 Å². The zero-order valence-electron chi connectivity index (χ0n) is 14.5. The van der Waals surface area contributed by atoms with Crippen LogP contribution in [0.15, 0.2) is 42.5 Å². The quantitative estimate of drug-likeness (QED) is 0.496. The van der Waals surface area contributed by atoms with Crippen molar-refractivity contribution in [3.05, 3.63) is 75.5 Å². The third-order valence-corrected chi connectivity index (χ3v) is 4.97. The smallest absolute Gasteiger partial charge is 0.338 e. The van der Waals surface area contributed by atoms with E-state index in [-0.39, 0.29) is 34.0 Å². The van der Waals surface area contributed by atoms with E-state index in [1.807, 2.05) is 0 Å². The summed E-state index contributed by atoms with van der Waals surface area (Å²) >= 11 is 1.12. The van der Waals surface area contributed by atoms with Gasteiger partial charge in [-0.1, -0.05) is 29.5 Å². The second kappa shape index (κ2) is 6.93. The molecule has 0 radical (unpaired) electrons. The van der Waals surface area contributed by atoms with Crippen molar-refractivity contribution in [3.63, 3.8) is 0 Å². The Bertz CT molecular complexity index is 1130. The number of aryl methyl sites for hydroxylation is 1. The molecule has 9 heteroatoms. The lowest BCUT2D eigenvalue weighted by molar-refractivity contribution is 0.0468. The third kappa shape index (κ3) is 3.05. The minimum atomic E-state index is -0.725. The molecular formula is C19H12FN3O4S. The molecule has 2 aromatic carbocycles. The topological polar surface area (TPSA) is 89.5 Å². The van der Waals surface area contributed by atoms with E-state index in [1.54, 1.807) is 13.0 Å². The Labute approximate surface area is 162 Å². The number of ether oxygens (including phenoxy) is 1. The Morgan fingerprint density at radius 3 is 2.57 bits per heavy atom. The van der Waals surface area contributed by atoms with Crippen LogP contribution in [0.4, 0.5) is 9.52 Å². The number of hydrogen-bond acceptors (Lipinski definition) is 7. The molecule has 1 aliphatic heterocycles. The maximum absolute atomic E-state index is 13.6. The van der Waals surface area contributed by atoms with Crippen molar-refractivity contribution in [2.24, 2.45) is 0 Å². The first kappa shape index (κ1) is 17.9. The lowest BCUT2D eigenvalue weighted by Crippen LogP contribution is -2.29. The minimum Gasteiger partial charge on any atom is -0.457 e. The van der Waals surface area contributed by atoms with Gasteiger partial charge in [0, 0.05) is 5.56 Å². The highest BCUT2D eigenvalue weighted by Crippen LogP contribution is 2.31. The second-order valence-corrected chi connectivity index (χ2v) is 7.14. The van der Waals surface area contributed by atoms with Gasteiger partial charge in [0.2, 0.25) is 5.13 Å². The van der Waals surface area contributed by atoms with Crippen molar-refractivity contribution in [2.45, 2.75) is 13.5 Å². The number of benzene rings is 2. The molecule has 0 aliphatic carbocycles. The Kier molecular flexibility index (Phi) is 4.44. The molecular weight excluding hydrogens is 385 g/mol. The largest absolute Gasteiger partial charge is 0.457 e. The van der Waals surface area contributed by atoms with Crippen LogP contribution in [0.1, 0.15) is 41.6 Å². The van der Waals surface area contributed by atoms with Crippen LogP contribution in [0.5, 0.6) is 0 Å². The predicted octanol–water partition coefficient (Wildman–Crippen LogP) is 3.14. The molecule has 1 aliphatic rings. The van der Waals surface area contributed by atoms with Crippen LogP contribution in [0.2, 0.25) is 0 Å². The summed E-state index contributed by atoms with van der Waals surface area (Å²) in [6.45, 7) is 1.47. The zero-order chi connectivity index (χ0) is 19.8. The SMILES string of the molecule is Cc1nnc(N2C(=O)c3ccc(C(=O)OCc4ccccc4F)cc3C2=O)s1. The number of carbonyl (C=O) groups excluding carboxylic acids is 3. The van der Waals surface area contributed by atoms with Gasteiger partial charge >= 0.3 is 5.97 Å². The van der Waals surface area contributed by atoms with E-state index in [0.717, 1.165) is 16.2 Å². The first-order valence-electron chi connectivity index (χ1n) is 8.19. The molecule has 28 heavy (non-hydrogen) atoms. The summed E-state index contributed by atoms with van der Waals surface area (Å²) < 4.78 is 18.8. The summed E-state index contributed by atoms with van der Waals surface area (Å²) in [6, 6.07) is 10.0. The number of halogens is 1. The van der Waals surface area contributed by atoms with E-state index >= 15 is 0 Å². The number of fused-ring (bicyclic) bond motifs is 1. The average molecular weight is 397 g/mol. The molecule has 0 spiro atoms. The molecule has 0 saturated heterocycles. The molecule has 7 nitrogen and oxygen atoms in total. The monoisotopic (exact) mass is 397 g/mol. The van der Waals surface area contributed by atoms with Gasteiger partial charge in [-0.05, 0) is 31.2 Å². The summed E-state index contributed by atoms with van der Waals surface area (Å²) in [7, 11) is 0. The summed E-state index contributed by atoms with van der Waals surface area (Å²) in [6.07, 6.45) is 0. The summed E-state index contributed by atoms with van der Waals surface area (Å²) in [4.78, 5) is 38.4. The van der Waals surface area contributed by atoms with E-state index in [9.17, 15) is 18.8 Å². The third-order valence-electron chi connectivity index (χ3n) is 4.15. The van der Waals surface area contributed by atoms with Crippen LogP contribution in [-0.2, 0) is 11.3 Å². The number of carbonyl (C=O) groups is 3. The maximum Gasteiger partial charge on any atom is 0.338 e. The fourth-order valence-electron chi connectivity index (χ4n) is 2.76.